The van der Waals surface area contributed by atoms with Gasteiger partial charge < -0.3 is 10.2 Å². The van der Waals surface area contributed by atoms with Gasteiger partial charge in [-0.1, -0.05) is 6.92 Å². The smallest absolute Gasteiger partial charge is 0.272 e. The maximum atomic E-state index is 12.7. The molecule has 1 N–H and O–H groups in total. The molecule has 114 valence electrons. The molecule has 2 rings (SSSR count). The number of halogens is 1. The zero-order valence-corrected chi connectivity index (χ0v) is 13.4. The van der Waals surface area contributed by atoms with Crippen LogP contribution in [0.25, 0.3) is 0 Å². The fraction of sp³-hybridized carbons (Fsp3) is 0.714. The highest BCUT2D eigenvalue weighted by atomic mass is 35.5. The second-order valence-corrected chi connectivity index (χ2v) is 5.27. The summed E-state index contributed by atoms with van der Waals surface area (Å²) in [6.07, 6.45) is 3.08. The van der Waals surface area contributed by atoms with Gasteiger partial charge in [0.05, 0.1) is 5.69 Å². The lowest BCUT2D eigenvalue weighted by atomic mass is 10.0. The first-order valence-corrected chi connectivity index (χ1v) is 7.15. The molecular weight excluding hydrogens is 276 g/mol. The Morgan fingerprint density at radius 3 is 2.65 bits per heavy atom. The largest absolute Gasteiger partial charge is 0.334 e. The van der Waals surface area contributed by atoms with Crippen molar-refractivity contribution in [3.8, 4) is 0 Å². The Bertz CT molecular complexity index is 440. The van der Waals surface area contributed by atoms with Gasteiger partial charge in [-0.25, -0.2) is 0 Å². The Morgan fingerprint density at radius 2 is 2.15 bits per heavy atom. The molecule has 5 nitrogen and oxygen atoms in total. The van der Waals surface area contributed by atoms with E-state index in [2.05, 4.69) is 17.3 Å². The SMILES string of the molecule is CCCN(C(=O)c1cc(C)nn1C)C1CCNCC1.Cl. The van der Waals surface area contributed by atoms with Gasteiger partial charge in [-0.3, -0.25) is 9.48 Å². The Balaban J connectivity index is 0.00000200. The van der Waals surface area contributed by atoms with Crippen LogP contribution in [0.4, 0.5) is 0 Å². The van der Waals surface area contributed by atoms with E-state index in [0.717, 1.165) is 44.6 Å². The number of rotatable bonds is 4. The summed E-state index contributed by atoms with van der Waals surface area (Å²) < 4.78 is 1.70. The molecule has 20 heavy (non-hydrogen) atoms. The van der Waals surface area contributed by atoms with Crippen molar-refractivity contribution in [1.82, 2.24) is 20.0 Å². The molecule has 1 aliphatic rings. The summed E-state index contributed by atoms with van der Waals surface area (Å²) in [6, 6.07) is 2.25. The molecule has 1 fully saturated rings. The lowest BCUT2D eigenvalue weighted by Crippen LogP contribution is -2.46. The van der Waals surface area contributed by atoms with Crippen LogP contribution in [0.15, 0.2) is 6.07 Å². The summed E-state index contributed by atoms with van der Waals surface area (Å²) in [5.41, 5.74) is 1.59. The first kappa shape index (κ1) is 17.0. The van der Waals surface area contributed by atoms with Crippen molar-refractivity contribution in [2.75, 3.05) is 19.6 Å². The Morgan fingerprint density at radius 1 is 1.50 bits per heavy atom. The van der Waals surface area contributed by atoms with Crippen LogP contribution in [0.3, 0.4) is 0 Å². The van der Waals surface area contributed by atoms with E-state index in [9.17, 15) is 4.79 Å². The summed E-state index contributed by atoms with van der Waals surface area (Å²) in [5, 5.41) is 7.63. The fourth-order valence-corrected chi connectivity index (χ4v) is 2.77. The monoisotopic (exact) mass is 300 g/mol. The number of hydrogen-bond acceptors (Lipinski definition) is 3. The third-order valence-corrected chi connectivity index (χ3v) is 3.70. The molecule has 0 aromatic carbocycles. The minimum absolute atomic E-state index is 0. The summed E-state index contributed by atoms with van der Waals surface area (Å²) in [5.74, 6) is 0.122. The average molecular weight is 301 g/mol. The highest BCUT2D eigenvalue weighted by Gasteiger charge is 2.27. The van der Waals surface area contributed by atoms with Crippen LogP contribution in [0.2, 0.25) is 0 Å². The van der Waals surface area contributed by atoms with Crippen LogP contribution in [-0.4, -0.2) is 46.3 Å². The Kier molecular flexibility index (Phi) is 6.49. The number of hydrogen-bond donors (Lipinski definition) is 1. The first-order chi connectivity index (χ1) is 9.13. The van der Waals surface area contributed by atoms with Gasteiger partial charge in [-0.05, 0) is 45.3 Å². The number of carbonyl (C=O) groups is 1. The van der Waals surface area contributed by atoms with Gasteiger partial charge in [0.25, 0.3) is 5.91 Å². The van der Waals surface area contributed by atoms with E-state index in [4.69, 9.17) is 0 Å². The number of carbonyl (C=O) groups excluding carboxylic acids is 1. The molecular formula is C14H25ClN4O. The second kappa shape index (κ2) is 7.64. The van der Waals surface area contributed by atoms with Crippen molar-refractivity contribution in [2.24, 2.45) is 7.05 Å². The Hall–Kier alpha value is -1.07. The highest BCUT2D eigenvalue weighted by molar-refractivity contribution is 5.93. The van der Waals surface area contributed by atoms with Crippen molar-refractivity contribution in [2.45, 2.75) is 39.2 Å². The highest BCUT2D eigenvalue weighted by Crippen LogP contribution is 2.16. The van der Waals surface area contributed by atoms with Crippen LogP contribution < -0.4 is 5.32 Å². The molecule has 0 atom stereocenters. The van der Waals surface area contributed by atoms with Crippen molar-refractivity contribution in [3.05, 3.63) is 17.5 Å². The van der Waals surface area contributed by atoms with Crippen molar-refractivity contribution >= 4 is 18.3 Å². The van der Waals surface area contributed by atoms with E-state index >= 15 is 0 Å². The van der Waals surface area contributed by atoms with Crippen LogP contribution in [0.5, 0.6) is 0 Å². The molecule has 0 saturated carbocycles. The molecule has 1 aromatic heterocycles. The van der Waals surface area contributed by atoms with E-state index in [0.29, 0.717) is 11.7 Å². The zero-order chi connectivity index (χ0) is 13.8. The summed E-state index contributed by atoms with van der Waals surface area (Å²) in [6.45, 7) is 6.88. The van der Waals surface area contributed by atoms with E-state index in [-0.39, 0.29) is 18.3 Å². The molecule has 0 radical (unpaired) electrons. The number of amides is 1. The molecule has 1 aliphatic heterocycles. The predicted octanol–water partition coefficient (Wildman–Crippen LogP) is 1.75. The third-order valence-electron chi connectivity index (χ3n) is 3.70. The Labute approximate surface area is 127 Å². The fourth-order valence-electron chi connectivity index (χ4n) is 2.77. The number of nitrogens with one attached hydrogen (secondary N) is 1. The lowest BCUT2D eigenvalue weighted by molar-refractivity contribution is 0.0631. The van der Waals surface area contributed by atoms with Gasteiger partial charge in [0.15, 0.2) is 0 Å². The van der Waals surface area contributed by atoms with E-state index in [1.807, 2.05) is 24.9 Å². The zero-order valence-electron chi connectivity index (χ0n) is 12.6. The maximum Gasteiger partial charge on any atom is 0.272 e. The van der Waals surface area contributed by atoms with E-state index in [1.54, 1.807) is 4.68 Å². The molecule has 6 heteroatoms. The summed E-state index contributed by atoms with van der Waals surface area (Å²) >= 11 is 0. The average Bonchev–Trinajstić information content (AvgIpc) is 2.75. The normalized spacial score (nSPS) is 15.8. The van der Waals surface area contributed by atoms with Crippen molar-refractivity contribution in [3.63, 3.8) is 0 Å². The van der Waals surface area contributed by atoms with Crippen LogP contribution in [0.1, 0.15) is 42.4 Å². The predicted molar refractivity (Wildman–Crippen MR) is 82.4 cm³/mol. The molecule has 2 heterocycles. The maximum absolute atomic E-state index is 12.7. The lowest BCUT2D eigenvalue weighted by Gasteiger charge is -2.34. The number of nitrogens with zero attached hydrogens (tertiary/aromatic N) is 3. The molecule has 1 amide bonds. The molecule has 0 aliphatic carbocycles. The molecule has 0 bridgehead atoms. The van der Waals surface area contributed by atoms with E-state index < -0.39 is 0 Å². The van der Waals surface area contributed by atoms with Crippen LogP contribution in [-0.2, 0) is 7.05 Å². The molecule has 1 aromatic rings. The quantitative estimate of drug-likeness (QED) is 0.922. The minimum Gasteiger partial charge on any atom is -0.334 e. The first-order valence-electron chi connectivity index (χ1n) is 7.15. The van der Waals surface area contributed by atoms with Gasteiger partial charge in [-0.2, -0.15) is 5.10 Å². The van der Waals surface area contributed by atoms with Crippen molar-refractivity contribution < 1.29 is 4.79 Å². The van der Waals surface area contributed by atoms with Gasteiger partial charge >= 0.3 is 0 Å². The molecule has 1 saturated heterocycles. The van der Waals surface area contributed by atoms with Gasteiger partial charge in [0.2, 0.25) is 0 Å². The van der Waals surface area contributed by atoms with Crippen molar-refractivity contribution in [1.29, 1.82) is 0 Å². The van der Waals surface area contributed by atoms with E-state index in [1.165, 1.54) is 0 Å². The minimum atomic E-state index is 0. The van der Waals surface area contributed by atoms with Crippen LogP contribution >= 0.6 is 12.4 Å². The van der Waals surface area contributed by atoms with Gasteiger partial charge in [0.1, 0.15) is 5.69 Å². The van der Waals surface area contributed by atoms with Gasteiger partial charge in [0, 0.05) is 19.6 Å². The molecule has 0 unspecified atom stereocenters. The van der Waals surface area contributed by atoms with Crippen LogP contribution in [0, 0.1) is 6.92 Å². The topological polar surface area (TPSA) is 50.2 Å². The second-order valence-electron chi connectivity index (χ2n) is 5.27. The summed E-state index contributed by atoms with van der Waals surface area (Å²) in [4.78, 5) is 14.8. The molecule has 0 spiro atoms. The number of aromatic nitrogens is 2. The van der Waals surface area contributed by atoms with Gasteiger partial charge in [-0.15, -0.1) is 12.4 Å². The third kappa shape index (κ3) is 3.73. The summed E-state index contributed by atoms with van der Waals surface area (Å²) in [7, 11) is 1.84. The number of piperidine rings is 1. The number of aryl methyl sites for hydroxylation is 2. The standard InChI is InChI=1S/C14H24N4O.ClH/c1-4-9-18(12-5-7-15-8-6-12)14(19)13-10-11(2)16-17(13)3;/h10,12,15H,4-9H2,1-3H3;1H.